The molecule has 0 fully saturated rings. The zero-order valence-electron chi connectivity index (χ0n) is 16.9. The molecule has 2 heterocycles. The number of nitrogens with zero attached hydrogens (tertiary/aromatic N) is 2. The van der Waals surface area contributed by atoms with Crippen molar-refractivity contribution in [2.24, 2.45) is 0 Å². The van der Waals surface area contributed by atoms with E-state index in [9.17, 15) is 8.42 Å². The van der Waals surface area contributed by atoms with Gasteiger partial charge >= 0.3 is 0 Å². The molecule has 0 saturated heterocycles. The van der Waals surface area contributed by atoms with Crippen LogP contribution in [0.5, 0.6) is 17.2 Å². The normalized spacial score (nSPS) is 13.2. The first-order valence-electron chi connectivity index (χ1n) is 9.46. The summed E-state index contributed by atoms with van der Waals surface area (Å²) >= 11 is 0. The average Bonchev–Trinajstić information content (AvgIpc) is 3.21. The van der Waals surface area contributed by atoms with Crippen LogP contribution in [0, 0.1) is 0 Å². The minimum atomic E-state index is -3.96. The fourth-order valence-electron chi connectivity index (χ4n) is 3.04. The highest BCUT2D eigenvalue weighted by Gasteiger charge is 2.31. The number of fused-ring (bicyclic) bond motifs is 1. The molecule has 0 amide bonds. The topological polar surface area (TPSA) is 91.1 Å². The molecule has 9 heteroatoms. The minimum Gasteiger partial charge on any atom is -0.494 e. The Hall–Kier alpha value is -3.20. The Balaban J connectivity index is 1.76. The van der Waals surface area contributed by atoms with Crippen molar-refractivity contribution in [1.29, 1.82) is 0 Å². The Kier molecular flexibility index (Phi) is 5.29. The van der Waals surface area contributed by atoms with Gasteiger partial charge in [0.1, 0.15) is 19.0 Å². The number of benzene rings is 2. The molecule has 1 aliphatic rings. The van der Waals surface area contributed by atoms with Gasteiger partial charge in [-0.15, -0.1) is 0 Å². The minimum absolute atomic E-state index is 0.0568. The van der Waals surface area contributed by atoms with Gasteiger partial charge in [-0.1, -0.05) is 0 Å². The summed E-state index contributed by atoms with van der Waals surface area (Å²) in [6.07, 6.45) is 0. The lowest BCUT2D eigenvalue weighted by atomic mass is 10.2. The van der Waals surface area contributed by atoms with Crippen molar-refractivity contribution in [1.82, 2.24) is 4.98 Å². The lowest BCUT2D eigenvalue weighted by Crippen LogP contribution is -2.16. The first-order valence-corrected chi connectivity index (χ1v) is 10.9. The van der Waals surface area contributed by atoms with Crippen molar-refractivity contribution < 1.29 is 27.0 Å². The lowest BCUT2D eigenvalue weighted by Gasteiger charge is -2.18. The van der Waals surface area contributed by atoms with E-state index >= 15 is 0 Å². The molecule has 8 nitrogen and oxygen atoms in total. The molecule has 0 unspecified atom stereocenters. The van der Waals surface area contributed by atoms with Crippen LogP contribution in [0.15, 0.2) is 56.8 Å². The third-order valence-corrected chi connectivity index (χ3v) is 6.13. The van der Waals surface area contributed by atoms with Crippen LogP contribution < -0.4 is 19.1 Å². The molecule has 0 radical (unpaired) electrons. The zero-order valence-corrected chi connectivity index (χ0v) is 17.7. The number of sulfone groups is 1. The average molecular weight is 430 g/mol. The molecule has 1 aromatic heterocycles. The molecule has 0 bridgehead atoms. The first-order chi connectivity index (χ1) is 14.4. The van der Waals surface area contributed by atoms with E-state index in [1.807, 2.05) is 6.92 Å². The van der Waals surface area contributed by atoms with E-state index in [2.05, 4.69) is 4.98 Å². The van der Waals surface area contributed by atoms with Crippen LogP contribution >= 0.6 is 0 Å². The number of aromatic nitrogens is 1. The Morgan fingerprint density at radius 1 is 1.03 bits per heavy atom. The predicted molar refractivity (Wildman–Crippen MR) is 110 cm³/mol. The summed E-state index contributed by atoms with van der Waals surface area (Å²) in [4.78, 5) is 5.96. The Morgan fingerprint density at radius 2 is 1.73 bits per heavy atom. The summed E-state index contributed by atoms with van der Waals surface area (Å²) in [6, 6.07) is 11.6. The maximum absolute atomic E-state index is 13.4. The molecule has 0 spiro atoms. The fourth-order valence-corrected chi connectivity index (χ4v) is 4.43. The van der Waals surface area contributed by atoms with Gasteiger partial charge in [0.05, 0.1) is 11.5 Å². The molecule has 1 aliphatic heterocycles. The lowest BCUT2D eigenvalue weighted by molar-refractivity contribution is 0.171. The van der Waals surface area contributed by atoms with Crippen LogP contribution in [0.1, 0.15) is 6.92 Å². The van der Waals surface area contributed by atoms with Gasteiger partial charge in [0.25, 0.3) is 0 Å². The van der Waals surface area contributed by atoms with Gasteiger partial charge in [-0.3, -0.25) is 0 Å². The Labute approximate surface area is 174 Å². The Bertz CT molecular complexity index is 1150. The van der Waals surface area contributed by atoms with E-state index < -0.39 is 9.84 Å². The van der Waals surface area contributed by atoms with Crippen molar-refractivity contribution in [3.8, 4) is 28.7 Å². The quantitative estimate of drug-likeness (QED) is 0.588. The standard InChI is InChI=1S/C21H22N2O6S/c1-4-26-15-7-5-14(6-8-15)19-22-20(21(29-19)23(2)3)30(24,25)16-9-10-17-18(13-16)28-12-11-27-17/h5-10,13H,4,11-12H2,1-3H3. The van der Waals surface area contributed by atoms with Gasteiger partial charge in [0.15, 0.2) is 11.5 Å². The maximum Gasteiger partial charge on any atom is 0.235 e. The van der Waals surface area contributed by atoms with Crippen LogP contribution in [0.25, 0.3) is 11.5 Å². The smallest absolute Gasteiger partial charge is 0.235 e. The largest absolute Gasteiger partial charge is 0.494 e. The molecule has 3 aromatic rings. The number of oxazole rings is 1. The molecule has 0 atom stereocenters. The molecule has 0 aliphatic carbocycles. The monoisotopic (exact) mass is 430 g/mol. The Morgan fingerprint density at radius 3 is 2.40 bits per heavy atom. The predicted octanol–water partition coefficient (Wildman–Crippen LogP) is 3.41. The van der Waals surface area contributed by atoms with E-state index in [0.29, 0.717) is 42.6 Å². The molecule has 0 saturated carbocycles. The molecule has 30 heavy (non-hydrogen) atoms. The highest BCUT2D eigenvalue weighted by Crippen LogP contribution is 2.37. The van der Waals surface area contributed by atoms with E-state index in [-0.39, 0.29) is 21.7 Å². The van der Waals surface area contributed by atoms with Crippen LogP contribution in [0.2, 0.25) is 0 Å². The van der Waals surface area contributed by atoms with Gasteiger partial charge in [0.2, 0.25) is 26.6 Å². The fraction of sp³-hybridized carbons (Fsp3) is 0.286. The second-order valence-electron chi connectivity index (χ2n) is 6.79. The van der Waals surface area contributed by atoms with Gasteiger partial charge in [-0.25, -0.2) is 8.42 Å². The van der Waals surface area contributed by atoms with E-state index in [0.717, 1.165) is 0 Å². The highest BCUT2D eigenvalue weighted by atomic mass is 32.2. The number of ether oxygens (including phenoxy) is 3. The van der Waals surface area contributed by atoms with Gasteiger partial charge in [0, 0.05) is 25.7 Å². The molecule has 0 N–H and O–H groups in total. The second-order valence-corrected chi connectivity index (χ2v) is 8.66. The van der Waals surface area contributed by atoms with Crippen molar-refractivity contribution in [3.05, 3.63) is 42.5 Å². The zero-order chi connectivity index (χ0) is 21.3. The van der Waals surface area contributed by atoms with Crippen molar-refractivity contribution in [2.75, 3.05) is 38.8 Å². The number of rotatable bonds is 6. The summed E-state index contributed by atoms with van der Waals surface area (Å²) in [5.41, 5.74) is 0.644. The molecule has 4 rings (SSSR count). The van der Waals surface area contributed by atoms with E-state index in [1.165, 1.54) is 12.1 Å². The van der Waals surface area contributed by atoms with Crippen molar-refractivity contribution in [3.63, 3.8) is 0 Å². The number of hydrogen-bond acceptors (Lipinski definition) is 8. The highest BCUT2D eigenvalue weighted by molar-refractivity contribution is 7.91. The van der Waals surface area contributed by atoms with Gasteiger partial charge in [-0.05, 0) is 43.3 Å². The number of anilines is 1. The molecule has 2 aromatic carbocycles. The molecular formula is C21H22N2O6S. The van der Waals surface area contributed by atoms with Crippen molar-refractivity contribution >= 4 is 15.7 Å². The summed E-state index contributed by atoms with van der Waals surface area (Å²) in [7, 11) is -0.559. The summed E-state index contributed by atoms with van der Waals surface area (Å²) < 4.78 is 49.0. The second kappa shape index (κ2) is 7.91. The van der Waals surface area contributed by atoms with Gasteiger partial charge < -0.3 is 23.5 Å². The maximum atomic E-state index is 13.4. The summed E-state index contributed by atoms with van der Waals surface area (Å²) in [5.74, 6) is 1.98. The van der Waals surface area contributed by atoms with E-state index in [4.69, 9.17) is 18.6 Å². The number of hydrogen-bond donors (Lipinski definition) is 0. The SMILES string of the molecule is CCOc1ccc(-c2nc(S(=O)(=O)c3ccc4c(c3)OCCO4)c(N(C)C)o2)cc1. The molecule has 158 valence electrons. The molecular weight excluding hydrogens is 408 g/mol. The van der Waals surface area contributed by atoms with Crippen LogP contribution in [-0.2, 0) is 9.84 Å². The summed E-state index contributed by atoms with van der Waals surface area (Å²) in [6.45, 7) is 3.26. The third kappa shape index (κ3) is 3.68. The van der Waals surface area contributed by atoms with Crippen LogP contribution in [0.3, 0.4) is 0 Å². The van der Waals surface area contributed by atoms with E-state index in [1.54, 1.807) is 49.3 Å². The van der Waals surface area contributed by atoms with Crippen molar-refractivity contribution in [2.45, 2.75) is 16.8 Å². The summed E-state index contributed by atoms with van der Waals surface area (Å²) in [5, 5.41) is -0.159. The third-order valence-electron chi connectivity index (χ3n) is 4.48. The van der Waals surface area contributed by atoms with Crippen LogP contribution in [-0.4, -0.2) is 47.3 Å². The van der Waals surface area contributed by atoms with Gasteiger partial charge in [-0.2, -0.15) is 4.98 Å². The van der Waals surface area contributed by atoms with Crippen LogP contribution in [0.4, 0.5) is 5.88 Å². The first kappa shape index (κ1) is 20.1.